The van der Waals surface area contributed by atoms with Crippen LogP contribution in [0, 0.1) is 0 Å². The van der Waals surface area contributed by atoms with Crippen molar-refractivity contribution in [3.63, 3.8) is 0 Å². The van der Waals surface area contributed by atoms with Gasteiger partial charge in [-0.1, -0.05) is 295 Å². The number of rotatable bonds is 54. The van der Waals surface area contributed by atoms with Crippen molar-refractivity contribution < 1.29 is 14.6 Å². The van der Waals surface area contributed by atoms with E-state index in [2.05, 4.69) is 19.1 Å². The third-order valence-electron chi connectivity index (χ3n) is 13.2. The van der Waals surface area contributed by atoms with Gasteiger partial charge in [0.2, 0.25) is 0 Å². The van der Waals surface area contributed by atoms with Gasteiger partial charge < -0.3 is 9.84 Å². The molecule has 0 fully saturated rings. The van der Waals surface area contributed by atoms with Crippen molar-refractivity contribution in [2.45, 2.75) is 334 Å². The van der Waals surface area contributed by atoms with Crippen LogP contribution in [0.15, 0.2) is 12.2 Å². The Morgan fingerprint density at radius 3 is 0.833 bits per heavy atom. The second-order valence-electron chi connectivity index (χ2n) is 19.4. The van der Waals surface area contributed by atoms with Gasteiger partial charge >= 0.3 is 5.97 Å². The zero-order chi connectivity index (χ0) is 43.2. The van der Waals surface area contributed by atoms with Crippen molar-refractivity contribution in [1.82, 2.24) is 0 Å². The van der Waals surface area contributed by atoms with Gasteiger partial charge in [0.25, 0.3) is 0 Å². The van der Waals surface area contributed by atoms with Crippen molar-refractivity contribution in [2.75, 3.05) is 13.2 Å². The molecule has 0 amide bonds. The van der Waals surface area contributed by atoms with E-state index in [4.69, 9.17) is 9.84 Å². The molecule has 1 N–H and O–H groups in total. The van der Waals surface area contributed by atoms with Gasteiger partial charge in [-0.05, 0) is 44.9 Å². The zero-order valence-corrected chi connectivity index (χ0v) is 41.4. The lowest BCUT2D eigenvalue weighted by Gasteiger charge is -2.06. The standard InChI is InChI=1S/C57H112O3/c1-2-3-4-5-6-7-8-9-10-30-33-36-39-42-45-48-51-54-57(59)60-56-53-50-47-44-41-38-35-32-29-27-25-23-21-19-17-15-13-11-12-14-16-18-20-22-24-26-28-31-34-37-40-43-46-49-52-55-58/h7-8,58H,2-6,9-56H2,1H3. The number of carbonyl (C=O) groups is 1. The lowest BCUT2D eigenvalue weighted by molar-refractivity contribution is -0.143. The molecule has 60 heavy (non-hydrogen) atoms. The number of aliphatic hydroxyl groups is 1. The summed E-state index contributed by atoms with van der Waals surface area (Å²) in [5.74, 6) is 0.0265. The molecule has 0 aromatic rings. The summed E-state index contributed by atoms with van der Waals surface area (Å²) in [5, 5.41) is 8.82. The number of ether oxygens (including phenoxy) is 1. The summed E-state index contributed by atoms with van der Waals surface area (Å²) in [6.45, 7) is 3.28. The van der Waals surface area contributed by atoms with Crippen molar-refractivity contribution in [1.29, 1.82) is 0 Å². The topological polar surface area (TPSA) is 46.5 Å². The summed E-state index contributed by atoms with van der Waals surface area (Å²) >= 11 is 0. The fourth-order valence-corrected chi connectivity index (χ4v) is 9.00. The molecular formula is C57H112O3. The Morgan fingerprint density at radius 1 is 0.317 bits per heavy atom. The Labute approximate surface area is 379 Å². The molecule has 0 rings (SSSR count). The number of aliphatic hydroxyl groups excluding tert-OH is 1. The highest BCUT2D eigenvalue weighted by atomic mass is 16.5. The quantitative estimate of drug-likeness (QED) is 0.0377. The predicted octanol–water partition coefficient (Wildman–Crippen LogP) is 20.0. The summed E-state index contributed by atoms with van der Waals surface area (Å²) in [7, 11) is 0. The monoisotopic (exact) mass is 845 g/mol. The molecule has 0 saturated heterocycles. The first-order chi connectivity index (χ1) is 29.8. The van der Waals surface area contributed by atoms with Crippen molar-refractivity contribution in [3.05, 3.63) is 12.2 Å². The second kappa shape index (κ2) is 56.2. The van der Waals surface area contributed by atoms with Gasteiger partial charge in [0, 0.05) is 13.0 Å². The van der Waals surface area contributed by atoms with Crippen molar-refractivity contribution in [3.8, 4) is 0 Å². The Balaban J connectivity index is 3.14. The molecule has 0 heterocycles. The van der Waals surface area contributed by atoms with E-state index in [1.807, 2.05) is 0 Å². The molecule has 0 atom stereocenters. The molecule has 0 aromatic carbocycles. The maximum Gasteiger partial charge on any atom is 0.305 e. The highest BCUT2D eigenvalue weighted by Gasteiger charge is 2.03. The Bertz CT molecular complexity index is 792. The molecule has 358 valence electrons. The van der Waals surface area contributed by atoms with Crippen LogP contribution in [0.3, 0.4) is 0 Å². The number of unbranched alkanes of at least 4 members (excludes halogenated alkanes) is 47. The first-order valence-electron chi connectivity index (χ1n) is 28.2. The first kappa shape index (κ1) is 59.2. The molecule has 0 bridgehead atoms. The van der Waals surface area contributed by atoms with Crippen LogP contribution in [0.5, 0.6) is 0 Å². The van der Waals surface area contributed by atoms with Gasteiger partial charge in [0.15, 0.2) is 0 Å². The van der Waals surface area contributed by atoms with E-state index in [1.165, 1.54) is 302 Å². The van der Waals surface area contributed by atoms with E-state index < -0.39 is 0 Å². The SMILES string of the molecule is CCCCCCC=CCCCCCCCCCCCC(=O)OCCCCCCCCCCCCCCCCCCCCCCCCCCCCCCCCCCCCCO. The van der Waals surface area contributed by atoms with Crippen LogP contribution in [0.4, 0.5) is 0 Å². The van der Waals surface area contributed by atoms with Gasteiger partial charge in [0.05, 0.1) is 6.61 Å². The van der Waals surface area contributed by atoms with Crippen LogP contribution >= 0.6 is 0 Å². The molecule has 0 aliphatic carbocycles. The lowest BCUT2D eigenvalue weighted by Crippen LogP contribution is -2.05. The molecule has 0 spiro atoms. The molecule has 0 radical (unpaired) electrons. The van der Waals surface area contributed by atoms with Crippen LogP contribution in [0.25, 0.3) is 0 Å². The fraction of sp³-hybridized carbons (Fsp3) is 0.947. The maximum absolute atomic E-state index is 12.1. The average molecular weight is 846 g/mol. The highest BCUT2D eigenvalue weighted by Crippen LogP contribution is 2.18. The molecule has 0 saturated carbocycles. The smallest absolute Gasteiger partial charge is 0.305 e. The highest BCUT2D eigenvalue weighted by molar-refractivity contribution is 5.69. The van der Waals surface area contributed by atoms with E-state index >= 15 is 0 Å². The third kappa shape index (κ3) is 55.2. The van der Waals surface area contributed by atoms with Crippen LogP contribution in [-0.4, -0.2) is 24.3 Å². The number of hydrogen-bond acceptors (Lipinski definition) is 3. The molecule has 0 aromatic heterocycles. The van der Waals surface area contributed by atoms with E-state index in [1.54, 1.807) is 0 Å². The van der Waals surface area contributed by atoms with Gasteiger partial charge in [0.1, 0.15) is 0 Å². The summed E-state index contributed by atoms with van der Waals surface area (Å²) in [5.41, 5.74) is 0. The lowest BCUT2D eigenvalue weighted by atomic mass is 10.0. The molecule has 3 heteroatoms. The number of carbonyl (C=O) groups excluding carboxylic acids is 1. The first-order valence-corrected chi connectivity index (χ1v) is 28.2. The van der Waals surface area contributed by atoms with Crippen LogP contribution in [0.2, 0.25) is 0 Å². The van der Waals surface area contributed by atoms with Gasteiger partial charge in [-0.25, -0.2) is 0 Å². The summed E-state index contributed by atoms with van der Waals surface area (Å²) in [4.78, 5) is 12.1. The Morgan fingerprint density at radius 2 is 0.550 bits per heavy atom. The molecule has 3 nitrogen and oxygen atoms in total. The van der Waals surface area contributed by atoms with E-state index in [0.717, 1.165) is 19.3 Å². The minimum atomic E-state index is 0.0265. The maximum atomic E-state index is 12.1. The summed E-state index contributed by atoms with van der Waals surface area (Å²) < 4.78 is 5.50. The minimum Gasteiger partial charge on any atom is -0.466 e. The van der Waals surface area contributed by atoms with Gasteiger partial charge in [-0.3, -0.25) is 4.79 Å². The number of esters is 1. The van der Waals surface area contributed by atoms with E-state index in [-0.39, 0.29) is 5.97 Å². The predicted molar refractivity (Wildman–Crippen MR) is 268 cm³/mol. The molecule has 0 aliphatic heterocycles. The van der Waals surface area contributed by atoms with E-state index in [9.17, 15) is 4.79 Å². The Kier molecular flexibility index (Phi) is 55.4. The normalized spacial score (nSPS) is 11.7. The van der Waals surface area contributed by atoms with E-state index in [0.29, 0.717) is 19.6 Å². The zero-order valence-electron chi connectivity index (χ0n) is 41.4. The summed E-state index contributed by atoms with van der Waals surface area (Å²) in [6.07, 6.45) is 74.0. The van der Waals surface area contributed by atoms with Gasteiger partial charge in [-0.2, -0.15) is 0 Å². The van der Waals surface area contributed by atoms with Crippen LogP contribution < -0.4 is 0 Å². The fourth-order valence-electron chi connectivity index (χ4n) is 9.00. The third-order valence-corrected chi connectivity index (χ3v) is 13.2. The number of hydrogen-bond donors (Lipinski definition) is 1. The molecule has 0 aliphatic rings. The molecular weight excluding hydrogens is 733 g/mol. The number of allylic oxidation sites excluding steroid dienone is 2. The van der Waals surface area contributed by atoms with Crippen LogP contribution in [-0.2, 0) is 9.53 Å². The Hall–Kier alpha value is -0.830. The van der Waals surface area contributed by atoms with Gasteiger partial charge in [-0.15, -0.1) is 0 Å². The minimum absolute atomic E-state index is 0.0265. The largest absolute Gasteiger partial charge is 0.466 e. The van der Waals surface area contributed by atoms with Crippen LogP contribution in [0.1, 0.15) is 334 Å². The second-order valence-corrected chi connectivity index (χ2v) is 19.4. The van der Waals surface area contributed by atoms with Crippen molar-refractivity contribution >= 4 is 5.97 Å². The molecule has 0 unspecified atom stereocenters. The summed E-state index contributed by atoms with van der Waals surface area (Å²) in [6, 6.07) is 0. The van der Waals surface area contributed by atoms with Crippen molar-refractivity contribution in [2.24, 2.45) is 0 Å². The average Bonchev–Trinajstić information content (AvgIpc) is 3.25.